The highest BCUT2D eigenvalue weighted by atomic mass is 19.4. The minimum Gasteiger partial charge on any atom is -0.312 e. The summed E-state index contributed by atoms with van der Waals surface area (Å²) in [6, 6.07) is 0.452. The molecule has 1 aliphatic rings. The molecule has 1 aliphatic heterocycles. The molecule has 0 aromatic heterocycles. The van der Waals surface area contributed by atoms with E-state index >= 15 is 0 Å². The van der Waals surface area contributed by atoms with Crippen LogP contribution in [0, 0.1) is 5.92 Å². The Balaban J connectivity index is 2.57. The van der Waals surface area contributed by atoms with Crippen molar-refractivity contribution in [2.75, 3.05) is 19.6 Å². The maximum atomic E-state index is 12.8. The van der Waals surface area contributed by atoms with Crippen molar-refractivity contribution in [1.82, 2.24) is 10.2 Å². The van der Waals surface area contributed by atoms with Crippen LogP contribution in [-0.2, 0) is 0 Å². The van der Waals surface area contributed by atoms with Crippen molar-refractivity contribution in [2.24, 2.45) is 5.92 Å². The second kappa shape index (κ2) is 7.48. The first kappa shape index (κ1) is 16.8. The van der Waals surface area contributed by atoms with Crippen molar-refractivity contribution < 1.29 is 13.2 Å². The summed E-state index contributed by atoms with van der Waals surface area (Å²) in [5.41, 5.74) is 0. The van der Waals surface area contributed by atoms with Crippen LogP contribution in [0.25, 0.3) is 0 Å². The Morgan fingerprint density at radius 1 is 1.32 bits per heavy atom. The highest BCUT2D eigenvalue weighted by Crippen LogP contribution is 2.34. The third kappa shape index (κ3) is 4.95. The molecule has 5 heteroatoms. The highest BCUT2D eigenvalue weighted by molar-refractivity contribution is 4.86. The van der Waals surface area contributed by atoms with Gasteiger partial charge in [0.2, 0.25) is 0 Å². The first-order valence-electron chi connectivity index (χ1n) is 7.44. The van der Waals surface area contributed by atoms with Gasteiger partial charge in [-0.05, 0) is 45.7 Å². The SMILES string of the molecule is CCCNC(CC)C(C)N1CCCC(C(F)(F)F)C1. The number of piperidine rings is 1. The van der Waals surface area contributed by atoms with Gasteiger partial charge in [0.05, 0.1) is 5.92 Å². The van der Waals surface area contributed by atoms with Crippen LogP contribution in [0.5, 0.6) is 0 Å². The van der Waals surface area contributed by atoms with Gasteiger partial charge in [-0.3, -0.25) is 4.90 Å². The van der Waals surface area contributed by atoms with Crippen LogP contribution in [-0.4, -0.2) is 42.8 Å². The molecule has 1 saturated heterocycles. The Morgan fingerprint density at radius 3 is 2.53 bits per heavy atom. The lowest BCUT2D eigenvalue weighted by molar-refractivity contribution is -0.188. The number of alkyl halides is 3. The van der Waals surface area contributed by atoms with Crippen LogP contribution >= 0.6 is 0 Å². The van der Waals surface area contributed by atoms with Crippen molar-refractivity contribution in [2.45, 2.75) is 64.7 Å². The van der Waals surface area contributed by atoms with Gasteiger partial charge in [0.1, 0.15) is 0 Å². The van der Waals surface area contributed by atoms with Crippen LogP contribution in [0.15, 0.2) is 0 Å². The minimum absolute atomic E-state index is 0.162. The molecule has 19 heavy (non-hydrogen) atoms. The zero-order chi connectivity index (χ0) is 14.5. The molecule has 114 valence electrons. The van der Waals surface area contributed by atoms with Crippen molar-refractivity contribution in [3.05, 3.63) is 0 Å². The van der Waals surface area contributed by atoms with Gasteiger partial charge in [-0.1, -0.05) is 13.8 Å². The second-order valence-electron chi connectivity index (χ2n) is 5.59. The number of likely N-dealkylation sites (tertiary alicyclic amines) is 1. The molecule has 0 radical (unpaired) electrons. The summed E-state index contributed by atoms with van der Waals surface area (Å²) < 4.78 is 38.5. The molecule has 0 aromatic rings. The van der Waals surface area contributed by atoms with E-state index in [-0.39, 0.29) is 25.0 Å². The lowest BCUT2D eigenvalue weighted by Gasteiger charge is -2.40. The molecular weight excluding hydrogens is 253 g/mol. The van der Waals surface area contributed by atoms with Crippen LogP contribution in [0.2, 0.25) is 0 Å². The third-order valence-corrected chi connectivity index (χ3v) is 4.17. The molecule has 0 spiro atoms. The molecule has 0 bridgehead atoms. The molecule has 3 unspecified atom stereocenters. The molecule has 1 fully saturated rings. The molecular formula is C14H27F3N2. The van der Waals surface area contributed by atoms with E-state index in [1.165, 1.54) is 0 Å². The van der Waals surface area contributed by atoms with Gasteiger partial charge in [-0.2, -0.15) is 13.2 Å². The first-order chi connectivity index (χ1) is 8.90. The Bertz CT molecular complexity index is 256. The largest absolute Gasteiger partial charge is 0.393 e. The standard InChI is InChI=1S/C14H27F3N2/c1-4-8-18-13(5-2)11(3)19-9-6-7-12(10-19)14(15,16)17/h11-13,18H,4-10H2,1-3H3. The first-order valence-corrected chi connectivity index (χ1v) is 7.44. The molecule has 1 heterocycles. The third-order valence-electron chi connectivity index (χ3n) is 4.17. The Kier molecular flexibility index (Phi) is 6.60. The summed E-state index contributed by atoms with van der Waals surface area (Å²) in [7, 11) is 0. The van der Waals surface area contributed by atoms with Gasteiger partial charge in [-0.15, -0.1) is 0 Å². The number of halogens is 3. The zero-order valence-electron chi connectivity index (χ0n) is 12.3. The summed E-state index contributed by atoms with van der Waals surface area (Å²) in [5, 5.41) is 3.45. The fourth-order valence-corrected chi connectivity index (χ4v) is 2.88. The quantitative estimate of drug-likeness (QED) is 0.802. The Hall–Kier alpha value is -0.290. The van der Waals surface area contributed by atoms with Crippen molar-refractivity contribution >= 4 is 0 Å². The average molecular weight is 280 g/mol. The molecule has 0 aromatic carbocycles. The van der Waals surface area contributed by atoms with Gasteiger partial charge < -0.3 is 5.32 Å². The maximum absolute atomic E-state index is 12.8. The number of hydrogen-bond acceptors (Lipinski definition) is 2. The van der Waals surface area contributed by atoms with Gasteiger partial charge in [0, 0.05) is 18.6 Å². The smallest absolute Gasteiger partial charge is 0.312 e. The van der Waals surface area contributed by atoms with Crippen LogP contribution < -0.4 is 5.32 Å². The van der Waals surface area contributed by atoms with E-state index in [2.05, 4.69) is 26.1 Å². The molecule has 2 nitrogen and oxygen atoms in total. The Morgan fingerprint density at radius 2 is 2.00 bits per heavy atom. The fraction of sp³-hybridized carbons (Fsp3) is 1.00. The summed E-state index contributed by atoms with van der Waals surface area (Å²) in [4.78, 5) is 2.01. The van der Waals surface area contributed by atoms with Crippen LogP contribution in [0.3, 0.4) is 0 Å². The van der Waals surface area contributed by atoms with Crippen LogP contribution in [0.4, 0.5) is 13.2 Å². The van der Waals surface area contributed by atoms with E-state index in [1.807, 2.05) is 4.90 Å². The van der Waals surface area contributed by atoms with E-state index in [0.717, 1.165) is 25.9 Å². The van der Waals surface area contributed by atoms with Crippen molar-refractivity contribution in [3.63, 3.8) is 0 Å². The van der Waals surface area contributed by atoms with Gasteiger partial charge in [0.15, 0.2) is 0 Å². The van der Waals surface area contributed by atoms with E-state index in [1.54, 1.807) is 0 Å². The summed E-state index contributed by atoms with van der Waals surface area (Å²) >= 11 is 0. The normalized spacial score (nSPS) is 25.3. The Labute approximate surface area is 114 Å². The maximum Gasteiger partial charge on any atom is 0.393 e. The lowest BCUT2D eigenvalue weighted by atomic mass is 9.94. The lowest BCUT2D eigenvalue weighted by Crippen LogP contribution is -2.53. The highest BCUT2D eigenvalue weighted by Gasteiger charge is 2.42. The number of rotatable bonds is 6. The summed E-state index contributed by atoms with van der Waals surface area (Å²) in [6.07, 6.45) is -1.11. The predicted molar refractivity (Wildman–Crippen MR) is 72.2 cm³/mol. The average Bonchev–Trinajstić information content (AvgIpc) is 2.38. The topological polar surface area (TPSA) is 15.3 Å². The summed E-state index contributed by atoms with van der Waals surface area (Å²) in [5.74, 6) is -1.15. The summed E-state index contributed by atoms with van der Waals surface area (Å²) in [6.45, 7) is 8.13. The zero-order valence-corrected chi connectivity index (χ0v) is 12.3. The molecule has 0 amide bonds. The molecule has 0 saturated carbocycles. The second-order valence-corrected chi connectivity index (χ2v) is 5.59. The molecule has 3 atom stereocenters. The van der Waals surface area contributed by atoms with Gasteiger partial charge >= 0.3 is 6.18 Å². The predicted octanol–water partition coefficient (Wildman–Crippen LogP) is 3.43. The van der Waals surface area contributed by atoms with E-state index < -0.39 is 12.1 Å². The number of hydrogen-bond donors (Lipinski definition) is 1. The molecule has 1 rings (SSSR count). The van der Waals surface area contributed by atoms with Gasteiger partial charge in [-0.25, -0.2) is 0 Å². The van der Waals surface area contributed by atoms with Crippen molar-refractivity contribution in [3.8, 4) is 0 Å². The number of nitrogens with zero attached hydrogens (tertiary/aromatic N) is 1. The van der Waals surface area contributed by atoms with Crippen molar-refractivity contribution in [1.29, 1.82) is 0 Å². The van der Waals surface area contributed by atoms with E-state index in [4.69, 9.17) is 0 Å². The number of nitrogens with one attached hydrogen (secondary N) is 1. The molecule has 1 N–H and O–H groups in total. The van der Waals surface area contributed by atoms with Gasteiger partial charge in [0.25, 0.3) is 0 Å². The fourth-order valence-electron chi connectivity index (χ4n) is 2.88. The van der Waals surface area contributed by atoms with Crippen LogP contribution in [0.1, 0.15) is 46.5 Å². The minimum atomic E-state index is -4.04. The van der Waals surface area contributed by atoms with E-state index in [9.17, 15) is 13.2 Å². The molecule has 0 aliphatic carbocycles. The monoisotopic (exact) mass is 280 g/mol. The van der Waals surface area contributed by atoms with E-state index in [0.29, 0.717) is 6.42 Å².